The molecule has 0 aliphatic heterocycles. The molecule has 1 nitrogen and oxygen atoms in total. The van der Waals surface area contributed by atoms with E-state index in [0.717, 1.165) is 12.1 Å². The van der Waals surface area contributed by atoms with Crippen LogP contribution in [0.4, 0.5) is 26.3 Å². The summed E-state index contributed by atoms with van der Waals surface area (Å²) in [6.07, 6.45) is -11.0. The minimum atomic E-state index is -5.48. The normalized spacial score (nSPS) is 14.6. The van der Waals surface area contributed by atoms with E-state index in [4.69, 9.17) is 23.2 Å². The fourth-order valence-electron chi connectivity index (χ4n) is 1.94. The first-order valence-electron chi connectivity index (χ1n) is 5.80. The molecule has 120 valence electrons. The van der Waals surface area contributed by atoms with Crippen molar-refractivity contribution >= 4 is 23.2 Å². The van der Waals surface area contributed by atoms with Crippen LogP contribution < -0.4 is 5.32 Å². The maximum atomic E-state index is 12.9. The quantitative estimate of drug-likeness (QED) is 0.716. The number of hydrogen-bond acceptors (Lipinski definition) is 1. The largest absolute Gasteiger partial charge is 0.402 e. The third-order valence-electron chi connectivity index (χ3n) is 2.76. The lowest BCUT2D eigenvalue weighted by Gasteiger charge is -2.32. The van der Waals surface area contributed by atoms with Crippen molar-refractivity contribution in [2.45, 2.75) is 25.3 Å². The van der Waals surface area contributed by atoms with Crippen molar-refractivity contribution in [2.24, 2.45) is 5.92 Å². The van der Waals surface area contributed by atoms with Gasteiger partial charge in [-0.25, -0.2) is 0 Å². The fourth-order valence-corrected chi connectivity index (χ4v) is 2.36. The number of hydrogen-bond donors (Lipinski definition) is 1. The van der Waals surface area contributed by atoms with Crippen LogP contribution in [0.25, 0.3) is 0 Å². The summed E-state index contributed by atoms with van der Waals surface area (Å²) in [7, 11) is 0. The molecule has 0 spiro atoms. The van der Waals surface area contributed by atoms with Gasteiger partial charge in [-0.3, -0.25) is 0 Å². The lowest BCUT2D eigenvalue weighted by molar-refractivity contribution is -0.292. The van der Waals surface area contributed by atoms with Gasteiger partial charge >= 0.3 is 12.4 Å². The lowest BCUT2D eigenvalue weighted by Crippen LogP contribution is -2.46. The van der Waals surface area contributed by atoms with Gasteiger partial charge in [0.15, 0.2) is 5.92 Å². The second kappa shape index (κ2) is 6.62. The SMILES string of the molecule is CCNC(c1cc(Cl)ccc1Cl)C(C(F)(F)F)C(F)(F)F. The fraction of sp³-hybridized carbons (Fsp3) is 0.500. The highest BCUT2D eigenvalue weighted by atomic mass is 35.5. The maximum Gasteiger partial charge on any atom is 0.402 e. The molecule has 0 aliphatic carbocycles. The van der Waals surface area contributed by atoms with Crippen LogP contribution in [-0.2, 0) is 0 Å². The van der Waals surface area contributed by atoms with Crippen molar-refractivity contribution in [3.05, 3.63) is 33.8 Å². The van der Waals surface area contributed by atoms with Crippen LogP contribution in [0.15, 0.2) is 18.2 Å². The average Bonchev–Trinajstić information content (AvgIpc) is 2.28. The van der Waals surface area contributed by atoms with Crippen molar-refractivity contribution in [1.29, 1.82) is 0 Å². The summed E-state index contributed by atoms with van der Waals surface area (Å²) < 4.78 is 77.2. The third-order valence-corrected chi connectivity index (χ3v) is 3.34. The molecule has 0 saturated heterocycles. The van der Waals surface area contributed by atoms with E-state index in [2.05, 4.69) is 5.32 Å². The van der Waals surface area contributed by atoms with Crippen LogP contribution in [0.5, 0.6) is 0 Å². The zero-order valence-electron chi connectivity index (χ0n) is 10.6. The zero-order valence-corrected chi connectivity index (χ0v) is 12.1. The molecule has 1 aromatic rings. The van der Waals surface area contributed by atoms with E-state index in [1.807, 2.05) is 0 Å². The molecular formula is C12H11Cl2F6N. The average molecular weight is 354 g/mol. The number of benzene rings is 1. The van der Waals surface area contributed by atoms with Gasteiger partial charge in [0.2, 0.25) is 0 Å². The van der Waals surface area contributed by atoms with E-state index in [9.17, 15) is 26.3 Å². The Hall–Kier alpha value is -0.660. The van der Waals surface area contributed by atoms with E-state index < -0.39 is 24.3 Å². The minimum absolute atomic E-state index is 0.000372. The Kier molecular flexibility index (Phi) is 5.80. The van der Waals surface area contributed by atoms with E-state index in [1.54, 1.807) is 0 Å². The summed E-state index contributed by atoms with van der Waals surface area (Å²) >= 11 is 11.4. The number of rotatable bonds is 4. The first-order chi connectivity index (χ1) is 9.48. The summed E-state index contributed by atoms with van der Waals surface area (Å²) in [4.78, 5) is 0. The molecule has 0 radical (unpaired) electrons. The summed E-state index contributed by atoms with van der Waals surface area (Å²) in [6.45, 7) is 1.30. The van der Waals surface area contributed by atoms with Crippen LogP contribution in [-0.4, -0.2) is 18.9 Å². The van der Waals surface area contributed by atoms with Crippen LogP contribution in [0.1, 0.15) is 18.5 Å². The molecule has 1 atom stereocenters. The maximum absolute atomic E-state index is 12.9. The Morgan fingerprint density at radius 2 is 1.57 bits per heavy atom. The standard InChI is InChI=1S/C12H11Cl2F6N/c1-2-21-9(7-5-6(13)3-4-8(7)14)10(11(15,16)17)12(18,19)20/h3-5,9-10,21H,2H2,1H3. The van der Waals surface area contributed by atoms with Crippen molar-refractivity contribution in [3.63, 3.8) is 0 Å². The molecule has 21 heavy (non-hydrogen) atoms. The molecule has 0 amide bonds. The molecule has 1 aromatic carbocycles. The minimum Gasteiger partial charge on any atom is -0.309 e. The third kappa shape index (κ3) is 4.66. The second-order valence-electron chi connectivity index (χ2n) is 4.26. The summed E-state index contributed by atoms with van der Waals surface area (Å²) in [6, 6.07) is 1.38. The van der Waals surface area contributed by atoms with Crippen molar-refractivity contribution < 1.29 is 26.3 Å². The summed E-state index contributed by atoms with van der Waals surface area (Å²) in [5.74, 6) is -3.58. The second-order valence-corrected chi connectivity index (χ2v) is 5.11. The molecular weight excluding hydrogens is 343 g/mol. The molecule has 0 bridgehead atoms. The van der Waals surface area contributed by atoms with E-state index in [-0.39, 0.29) is 22.2 Å². The van der Waals surface area contributed by atoms with Gasteiger partial charge in [0.25, 0.3) is 0 Å². The first-order valence-corrected chi connectivity index (χ1v) is 6.55. The van der Waals surface area contributed by atoms with Crippen LogP contribution in [0.3, 0.4) is 0 Å². The summed E-state index contributed by atoms with van der Waals surface area (Å²) in [5, 5.41) is 1.98. The zero-order chi connectivity index (χ0) is 16.4. The molecule has 9 heteroatoms. The lowest BCUT2D eigenvalue weighted by atomic mass is 9.91. The molecule has 0 heterocycles. The van der Waals surface area contributed by atoms with Crippen molar-refractivity contribution in [3.8, 4) is 0 Å². The van der Waals surface area contributed by atoms with Gasteiger partial charge in [-0.1, -0.05) is 30.1 Å². The Morgan fingerprint density at radius 3 is 2.00 bits per heavy atom. The number of halogens is 8. The Bertz CT molecular complexity index is 472. The van der Waals surface area contributed by atoms with Crippen molar-refractivity contribution in [1.82, 2.24) is 5.32 Å². The Labute approximate surface area is 127 Å². The predicted octanol–water partition coefficient (Wildman–Crippen LogP) is 5.38. The van der Waals surface area contributed by atoms with Crippen LogP contribution in [0.2, 0.25) is 10.0 Å². The van der Waals surface area contributed by atoms with E-state index >= 15 is 0 Å². The van der Waals surface area contributed by atoms with Gasteiger partial charge in [-0.05, 0) is 30.3 Å². The topological polar surface area (TPSA) is 12.0 Å². The Morgan fingerprint density at radius 1 is 1.05 bits per heavy atom. The highest BCUT2D eigenvalue weighted by Crippen LogP contribution is 2.47. The van der Waals surface area contributed by atoms with E-state index in [1.165, 1.54) is 13.0 Å². The molecule has 1 unspecified atom stereocenters. The van der Waals surface area contributed by atoms with Crippen molar-refractivity contribution in [2.75, 3.05) is 6.54 Å². The molecule has 1 rings (SSSR count). The summed E-state index contributed by atoms with van der Waals surface area (Å²) in [5.41, 5.74) is -0.342. The predicted molar refractivity (Wildman–Crippen MR) is 68.5 cm³/mol. The monoisotopic (exact) mass is 353 g/mol. The van der Waals surface area contributed by atoms with Gasteiger partial charge in [0.05, 0.1) is 6.04 Å². The van der Waals surface area contributed by atoms with Gasteiger partial charge in [-0.2, -0.15) is 26.3 Å². The van der Waals surface area contributed by atoms with E-state index in [0.29, 0.717) is 0 Å². The van der Waals surface area contributed by atoms with Gasteiger partial charge in [-0.15, -0.1) is 0 Å². The molecule has 0 aromatic heterocycles. The highest BCUT2D eigenvalue weighted by Gasteiger charge is 2.60. The van der Waals surface area contributed by atoms with Crippen LogP contribution in [0, 0.1) is 5.92 Å². The van der Waals surface area contributed by atoms with Gasteiger partial charge < -0.3 is 5.32 Å². The first kappa shape index (κ1) is 18.4. The number of alkyl halides is 6. The molecule has 0 saturated carbocycles. The molecule has 0 aliphatic rings. The van der Waals surface area contributed by atoms with Crippen LogP contribution >= 0.6 is 23.2 Å². The Balaban J connectivity index is 3.41. The van der Waals surface area contributed by atoms with Gasteiger partial charge in [0.1, 0.15) is 0 Å². The smallest absolute Gasteiger partial charge is 0.309 e. The molecule has 1 N–H and O–H groups in total. The van der Waals surface area contributed by atoms with Gasteiger partial charge in [0, 0.05) is 10.0 Å². The number of nitrogens with one attached hydrogen (secondary N) is 1. The molecule has 0 fully saturated rings. The highest BCUT2D eigenvalue weighted by molar-refractivity contribution is 6.33.